The molecule has 0 spiro atoms. The fourth-order valence-electron chi connectivity index (χ4n) is 1.63. The van der Waals surface area contributed by atoms with Crippen molar-refractivity contribution in [2.24, 2.45) is 5.41 Å². The molecule has 3 heterocycles. The van der Waals surface area contributed by atoms with Gasteiger partial charge in [0.05, 0.1) is 0 Å². The average molecular weight is 238 g/mol. The van der Waals surface area contributed by atoms with Crippen molar-refractivity contribution in [3.05, 3.63) is 0 Å². The first kappa shape index (κ1) is 11.1. The van der Waals surface area contributed by atoms with Crippen LogP contribution in [0.3, 0.4) is 0 Å². The Bertz CT molecular complexity index is 184. The third kappa shape index (κ3) is 1.92. The Balaban J connectivity index is 1.95. The molecule has 0 N–H and O–H groups in total. The first-order valence-corrected chi connectivity index (χ1v) is 7.85. The van der Waals surface area contributed by atoms with E-state index in [2.05, 4.69) is 13.8 Å². The molecule has 3 aliphatic heterocycles. The zero-order chi connectivity index (χ0) is 10.1. The topological polar surface area (TPSA) is 36.9 Å². The van der Waals surface area contributed by atoms with Gasteiger partial charge in [0.1, 0.15) is 0 Å². The van der Waals surface area contributed by atoms with Crippen molar-refractivity contribution in [2.75, 3.05) is 26.4 Å². The number of hydrogen-bond acceptors (Lipinski definition) is 4. The van der Waals surface area contributed by atoms with Gasteiger partial charge in [-0.15, -0.1) is 0 Å². The van der Waals surface area contributed by atoms with Crippen LogP contribution < -0.4 is 0 Å². The molecular formula is C9H18O4Ti. The van der Waals surface area contributed by atoms with Crippen LogP contribution in [0.4, 0.5) is 0 Å². The summed E-state index contributed by atoms with van der Waals surface area (Å²) in [6.07, 6.45) is 2.01. The van der Waals surface area contributed by atoms with Gasteiger partial charge in [0, 0.05) is 0 Å². The van der Waals surface area contributed by atoms with E-state index >= 15 is 0 Å². The van der Waals surface area contributed by atoms with E-state index in [1.54, 1.807) is 0 Å². The van der Waals surface area contributed by atoms with Gasteiger partial charge in [-0.1, -0.05) is 0 Å². The van der Waals surface area contributed by atoms with Crippen molar-refractivity contribution >= 4 is 0 Å². The Labute approximate surface area is 90.1 Å². The van der Waals surface area contributed by atoms with E-state index in [1.807, 2.05) is 0 Å². The van der Waals surface area contributed by atoms with E-state index in [0.29, 0.717) is 6.61 Å². The first-order valence-electron chi connectivity index (χ1n) is 5.30. The van der Waals surface area contributed by atoms with Gasteiger partial charge < -0.3 is 0 Å². The van der Waals surface area contributed by atoms with Gasteiger partial charge >= 0.3 is 89.9 Å². The summed E-state index contributed by atoms with van der Waals surface area (Å²) in [6, 6.07) is 0. The van der Waals surface area contributed by atoms with Crippen LogP contribution in [0.5, 0.6) is 0 Å². The molecule has 14 heavy (non-hydrogen) atoms. The summed E-state index contributed by atoms with van der Waals surface area (Å²) >= 11 is -3.20. The fraction of sp³-hybridized carbons (Fsp3) is 1.00. The first-order chi connectivity index (χ1) is 6.74. The van der Waals surface area contributed by atoms with Crippen LogP contribution in [0.1, 0.15) is 26.7 Å². The van der Waals surface area contributed by atoms with Gasteiger partial charge in [-0.3, -0.25) is 0 Å². The predicted octanol–water partition coefficient (Wildman–Crippen LogP) is 1.70. The third-order valence-corrected chi connectivity index (χ3v) is 6.10. The summed E-state index contributed by atoms with van der Waals surface area (Å²) in [5, 5.41) is 0. The molecule has 0 aromatic carbocycles. The molecule has 0 aliphatic carbocycles. The average Bonchev–Trinajstić information content (AvgIpc) is 2.29. The molecule has 5 heteroatoms. The van der Waals surface area contributed by atoms with Gasteiger partial charge in [0.2, 0.25) is 0 Å². The molecule has 3 saturated heterocycles. The molecule has 0 saturated carbocycles. The molecule has 0 aromatic rings. The van der Waals surface area contributed by atoms with Crippen molar-refractivity contribution in [3.8, 4) is 0 Å². The van der Waals surface area contributed by atoms with Crippen LogP contribution in [0.25, 0.3) is 0 Å². The molecule has 3 rings (SSSR count). The molecule has 0 unspecified atom stereocenters. The summed E-state index contributed by atoms with van der Waals surface area (Å²) in [5.74, 6) is 0. The third-order valence-electron chi connectivity index (χ3n) is 2.90. The summed E-state index contributed by atoms with van der Waals surface area (Å²) in [6.45, 7) is 7.17. The van der Waals surface area contributed by atoms with E-state index in [4.69, 9.17) is 13.3 Å². The number of rotatable bonds is 4. The zero-order valence-corrected chi connectivity index (χ0v) is 10.4. The van der Waals surface area contributed by atoms with Crippen molar-refractivity contribution in [1.29, 1.82) is 0 Å². The monoisotopic (exact) mass is 238 g/mol. The van der Waals surface area contributed by atoms with Gasteiger partial charge in [-0.25, -0.2) is 0 Å². The summed E-state index contributed by atoms with van der Waals surface area (Å²) in [4.78, 5) is 0. The number of fused-ring (bicyclic) bond motifs is 3. The van der Waals surface area contributed by atoms with Crippen LogP contribution in [-0.4, -0.2) is 26.4 Å². The van der Waals surface area contributed by atoms with Crippen molar-refractivity contribution in [3.63, 3.8) is 0 Å². The van der Waals surface area contributed by atoms with Crippen molar-refractivity contribution in [1.82, 2.24) is 0 Å². The van der Waals surface area contributed by atoms with Gasteiger partial charge in [0.15, 0.2) is 0 Å². The molecule has 0 amide bonds. The van der Waals surface area contributed by atoms with Crippen LogP contribution >= 0.6 is 0 Å². The Morgan fingerprint density at radius 3 is 2.14 bits per heavy atom. The second-order valence-corrected chi connectivity index (χ2v) is 7.43. The SMILES string of the molecule is CCC[O][Ti]12[O]CC(CC)(C[O]1)C[O]2. The van der Waals surface area contributed by atoms with Gasteiger partial charge in [0.25, 0.3) is 0 Å². The maximum atomic E-state index is 5.68. The van der Waals surface area contributed by atoms with Crippen molar-refractivity contribution < 1.29 is 31.4 Å². The van der Waals surface area contributed by atoms with Gasteiger partial charge in [-0.05, 0) is 0 Å². The summed E-state index contributed by atoms with van der Waals surface area (Å²) in [7, 11) is 0. The Hall–Kier alpha value is 0.554. The standard InChI is InChI=1S/C6H11O3.C3H7O.Ti/c1-2-6(3-7,4-8)5-9;1-2-3-4;/h2-5H2,1H3;2-3H2,1H3;/q-3;-1;+4. The molecule has 3 fully saturated rings. The maximum absolute atomic E-state index is 5.68. The van der Waals surface area contributed by atoms with Crippen LogP contribution in [-0.2, 0) is 31.4 Å². The Kier molecular flexibility index (Phi) is 3.32. The van der Waals surface area contributed by atoms with Crippen LogP contribution in [0.15, 0.2) is 0 Å². The minimum absolute atomic E-state index is 0.0998. The van der Waals surface area contributed by atoms with Crippen LogP contribution in [0, 0.1) is 5.41 Å². The molecule has 4 nitrogen and oxygen atoms in total. The molecule has 82 valence electrons. The summed E-state index contributed by atoms with van der Waals surface area (Å²) in [5.41, 5.74) is 0.0998. The van der Waals surface area contributed by atoms with Crippen LogP contribution in [0.2, 0.25) is 0 Å². The molecule has 0 aromatic heterocycles. The number of hydrogen-bond donors (Lipinski definition) is 0. The molecule has 3 aliphatic rings. The predicted molar refractivity (Wildman–Crippen MR) is 46.8 cm³/mol. The second kappa shape index (κ2) is 4.20. The quantitative estimate of drug-likeness (QED) is 0.698. The molecule has 0 atom stereocenters. The zero-order valence-electron chi connectivity index (χ0n) is 8.88. The molecular weight excluding hydrogens is 220 g/mol. The van der Waals surface area contributed by atoms with E-state index in [1.165, 1.54) is 0 Å². The molecule has 0 radical (unpaired) electrons. The molecule has 2 bridgehead atoms. The van der Waals surface area contributed by atoms with E-state index in [-0.39, 0.29) is 5.41 Å². The van der Waals surface area contributed by atoms with Crippen molar-refractivity contribution in [2.45, 2.75) is 26.7 Å². The van der Waals surface area contributed by atoms with Gasteiger partial charge in [-0.2, -0.15) is 0 Å². The normalized spacial score (nSPS) is 41.6. The second-order valence-electron chi connectivity index (χ2n) is 4.07. The fourth-order valence-corrected chi connectivity index (χ4v) is 5.39. The van der Waals surface area contributed by atoms with E-state index in [9.17, 15) is 0 Å². The van der Waals surface area contributed by atoms with E-state index < -0.39 is 18.1 Å². The summed E-state index contributed by atoms with van der Waals surface area (Å²) < 4.78 is 22.7. The Morgan fingerprint density at radius 2 is 1.71 bits per heavy atom. The van der Waals surface area contributed by atoms with E-state index in [0.717, 1.165) is 32.7 Å². The Morgan fingerprint density at radius 1 is 1.14 bits per heavy atom. The minimum atomic E-state index is -3.20.